The SMILES string of the molecule is C=CCCCCCCCCCCCCCCCC.CCCCCCCC/C=C\CCCCCCCC(=O)O.[Cu]. The van der Waals surface area contributed by atoms with Crippen LogP contribution in [0.4, 0.5) is 0 Å². The first-order valence-corrected chi connectivity index (χ1v) is 17.2. The number of carboxylic acids is 1. The van der Waals surface area contributed by atoms with Crippen LogP contribution in [0.3, 0.4) is 0 Å². The number of hydrogen-bond acceptors (Lipinski definition) is 1. The zero-order chi connectivity index (χ0) is 28.2. The van der Waals surface area contributed by atoms with Gasteiger partial charge in [-0.2, -0.15) is 0 Å². The van der Waals surface area contributed by atoms with Gasteiger partial charge in [0.05, 0.1) is 0 Å². The van der Waals surface area contributed by atoms with Crippen LogP contribution in [0.25, 0.3) is 0 Å². The fraction of sp³-hybridized carbons (Fsp3) is 0.861. The van der Waals surface area contributed by atoms with Crippen molar-refractivity contribution in [2.24, 2.45) is 0 Å². The Kier molecular flexibility index (Phi) is 46.2. The Bertz CT molecular complexity index is 475. The second kappa shape index (κ2) is 41.9. The molecule has 0 aliphatic rings. The Morgan fingerprint density at radius 3 is 1.08 bits per heavy atom. The van der Waals surface area contributed by atoms with Gasteiger partial charge in [0.25, 0.3) is 0 Å². The van der Waals surface area contributed by atoms with Crippen molar-refractivity contribution in [2.75, 3.05) is 0 Å². The van der Waals surface area contributed by atoms with E-state index >= 15 is 0 Å². The van der Waals surface area contributed by atoms with E-state index in [4.69, 9.17) is 5.11 Å². The minimum Gasteiger partial charge on any atom is -0.481 e. The number of hydrogen-bond donors (Lipinski definition) is 1. The second-order valence-corrected chi connectivity index (χ2v) is 11.4. The molecule has 0 aromatic rings. The number of allylic oxidation sites excluding steroid dienone is 3. The van der Waals surface area contributed by atoms with E-state index < -0.39 is 5.97 Å². The molecule has 0 heterocycles. The summed E-state index contributed by atoms with van der Waals surface area (Å²) in [5, 5.41) is 8.51. The zero-order valence-electron chi connectivity index (χ0n) is 26.6. The molecule has 0 amide bonds. The topological polar surface area (TPSA) is 37.3 Å². The first-order valence-electron chi connectivity index (χ1n) is 17.2. The van der Waals surface area contributed by atoms with Crippen LogP contribution in [0.5, 0.6) is 0 Å². The number of carboxylic acid groups (broad SMARTS) is 1. The van der Waals surface area contributed by atoms with E-state index in [2.05, 4.69) is 32.6 Å². The summed E-state index contributed by atoms with van der Waals surface area (Å²) < 4.78 is 0. The van der Waals surface area contributed by atoms with E-state index in [0.717, 1.165) is 12.8 Å². The standard InChI is InChI=1S/C18H34O2.C18H36.Cu/c1-2-3-4-5-6-7-8-9-10-11-12-13-14-15-16-17-18(19)20;1-3-5-7-9-11-13-15-17-18-16-14-12-10-8-6-4-2;/h9-10H,2-8,11-17H2,1H3,(H,19,20);3H,1,4-18H2,2H3;/b10-9-;;. The molecule has 2 nitrogen and oxygen atoms in total. The average Bonchev–Trinajstić information content (AvgIpc) is 2.91. The largest absolute Gasteiger partial charge is 0.481 e. The number of aliphatic carboxylic acids is 1. The van der Waals surface area contributed by atoms with E-state index in [0.29, 0.717) is 6.42 Å². The maximum Gasteiger partial charge on any atom is 0.303 e. The molecular formula is C36H70CuO2. The molecule has 0 saturated carbocycles. The molecule has 0 rings (SSSR count). The molecule has 237 valence electrons. The molecule has 1 radical (unpaired) electrons. The zero-order valence-corrected chi connectivity index (χ0v) is 27.5. The predicted octanol–water partition coefficient (Wildman–Crippen LogP) is 13.1. The Hall–Kier alpha value is -0.531. The summed E-state index contributed by atoms with van der Waals surface area (Å²) in [5.41, 5.74) is 0. The van der Waals surface area contributed by atoms with Crippen molar-refractivity contribution < 1.29 is 27.0 Å². The summed E-state index contributed by atoms with van der Waals surface area (Å²) in [5.74, 6) is -0.664. The van der Waals surface area contributed by atoms with Crippen LogP contribution in [-0.2, 0) is 21.9 Å². The van der Waals surface area contributed by atoms with Gasteiger partial charge in [-0.05, 0) is 44.9 Å². The van der Waals surface area contributed by atoms with Gasteiger partial charge in [-0.15, -0.1) is 6.58 Å². The van der Waals surface area contributed by atoms with Crippen molar-refractivity contribution in [3.05, 3.63) is 24.8 Å². The quantitative estimate of drug-likeness (QED) is 0.0507. The number of carbonyl (C=O) groups is 1. The summed E-state index contributed by atoms with van der Waals surface area (Å²) in [6.07, 6.45) is 44.7. The van der Waals surface area contributed by atoms with Crippen LogP contribution in [0, 0.1) is 0 Å². The minimum atomic E-state index is -0.664. The third kappa shape index (κ3) is 47.6. The first-order chi connectivity index (χ1) is 18.7. The third-order valence-electron chi connectivity index (χ3n) is 7.41. The van der Waals surface area contributed by atoms with Gasteiger partial charge < -0.3 is 5.11 Å². The van der Waals surface area contributed by atoms with Crippen molar-refractivity contribution in [1.29, 1.82) is 0 Å². The molecular weight excluding hydrogens is 528 g/mol. The Labute approximate surface area is 257 Å². The van der Waals surface area contributed by atoms with Crippen LogP contribution < -0.4 is 0 Å². The van der Waals surface area contributed by atoms with Gasteiger partial charge in [0.2, 0.25) is 0 Å². The maximum atomic E-state index is 10.3. The molecule has 1 N–H and O–H groups in total. The van der Waals surface area contributed by atoms with Crippen LogP contribution in [0.2, 0.25) is 0 Å². The molecule has 0 saturated heterocycles. The second-order valence-electron chi connectivity index (χ2n) is 11.4. The molecule has 0 bridgehead atoms. The molecule has 0 atom stereocenters. The van der Waals surface area contributed by atoms with Crippen molar-refractivity contribution in [2.45, 2.75) is 200 Å². The molecule has 0 unspecified atom stereocenters. The van der Waals surface area contributed by atoms with E-state index in [9.17, 15) is 4.79 Å². The van der Waals surface area contributed by atoms with Crippen molar-refractivity contribution in [3.8, 4) is 0 Å². The Morgan fingerprint density at radius 1 is 0.487 bits per heavy atom. The van der Waals surface area contributed by atoms with E-state index in [1.807, 2.05) is 6.08 Å². The van der Waals surface area contributed by atoms with Crippen molar-refractivity contribution in [3.63, 3.8) is 0 Å². The van der Waals surface area contributed by atoms with Crippen molar-refractivity contribution >= 4 is 5.97 Å². The molecule has 0 aliphatic carbocycles. The third-order valence-corrected chi connectivity index (χ3v) is 7.41. The fourth-order valence-corrected chi connectivity index (χ4v) is 4.83. The minimum absolute atomic E-state index is 0. The molecule has 0 aliphatic heterocycles. The van der Waals surface area contributed by atoms with Crippen LogP contribution in [0.15, 0.2) is 24.8 Å². The maximum absolute atomic E-state index is 10.3. The molecule has 0 aromatic heterocycles. The van der Waals surface area contributed by atoms with Gasteiger partial charge in [-0.1, -0.05) is 167 Å². The van der Waals surface area contributed by atoms with Gasteiger partial charge in [0, 0.05) is 23.5 Å². The molecule has 39 heavy (non-hydrogen) atoms. The average molecular weight is 599 g/mol. The van der Waals surface area contributed by atoms with Gasteiger partial charge in [0.15, 0.2) is 0 Å². The monoisotopic (exact) mass is 597 g/mol. The summed E-state index contributed by atoms with van der Waals surface area (Å²) >= 11 is 0. The summed E-state index contributed by atoms with van der Waals surface area (Å²) in [6, 6.07) is 0. The molecule has 3 heteroatoms. The summed E-state index contributed by atoms with van der Waals surface area (Å²) in [4.78, 5) is 10.3. The van der Waals surface area contributed by atoms with E-state index in [1.54, 1.807) is 0 Å². The fourth-order valence-electron chi connectivity index (χ4n) is 4.83. The number of rotatable bonds is 30. The normalized spacial score (nSPS) is 10.7. The molecule has 0 fully saturated rings. The summed E-state index contributed by atoms with van der Waals surface area (Å²) in [6.45, 7) is 8.31. The van der Waals surface area contributed by atoms with E-state index in [-0.39, 0.29) is 17.1 Å². The Balaban J connectivity index is -0.000000651. The molecule has 0 spiro atoms. The number of unbranched alkanes of at least 4 members (excludes halogenated alkanes) is 25. The van der Waals surface area contributed by atoms with Crippen LogP contribution in [-0.4, -0.2) is 11.1 Å². The first kappa shape index (κ1) is 42.9. The van der Waals surface area contributed by atoms with Gasteiger partial charge in [0.1, 0.15) is 0 Å². The van der Waals surface area contributed by atoms with Gasteiger partial charge in [-0.3, -0.25) is 4.79 Å². The van der Waals surface area contributed by atoms with Gasteiger partial charge >= 0.3 is 5.97 Å². The van der Waals surface area contributed by atoms with Crippen LogP contribution in [0.1, 0.15) is 200 Å². The predicted molar refractivity (Wildman–Crippen MR) is 172 cm³/mol. The smallest absolute Gasteiger partial charge is 0.303 e. The van der Waals surface area contributed by atoms with Gasteiger partial charge in [-0.25, -0.2) is 0 Å². The van der Waals surface area contributed by atoms with Crippen LogP contribution >= 0.6 is 0 Å². The van der Waals surface area contributed by atoms with E-state index in [1.165, 1.54) is 167 Å². The van der Waals surface area contributed by atoms with Crippen molar-refractivity contribution in [1.82, 2.24) is 0 Å². The summed E-state index contributed by atoms with van der Waals surface area (Å²) in [7, 11) is 0. The molecule has 0 aromatic carbocycles. The Morgan fingerprint density at radius 2 is 0.769 bits per heavy atom.